The smallest absolute Gasteiger partial charge is 0.432 e. The number of aromatic amines is 1. The van der Waals surface area contributed by atoms with Crippen LogP contribution in [-0.2, 0) is 9.53 Å². The lowest BCUT2D eigenvalue weighted by atomic mass is 10.2. The van der Waals surface area contributed by atoms with Crippen LogP contribution in [0.1, 0.15) is 12.6 Å². The van der Waals surface area contributed by atoms with E-state index >= 15 is 0 Å². The normalized spacial score (nSPS) is 12.0. The zero-order chi connectivity index (χ0) is 21.4. The quantitative estimate of drug-likeness (QED) is 0.148. The molecule has 0 aliphatic heterocycles. The van der Waals surface area contributed by atoms with Gasteiger partial charge in [0.05, 0.1) is 11.4 Å². The Balaban J connectivity index is 2.31. The number of hydrogen-bond donors (Lipinski definition) is 4. The second-order valence-electron chi connectivity index (χ2n) is 5.71. The Labute approximate surface area is 176 Å². The van der Waals surface area contributed by atoms with Crippen molar-refractivity contribution in [2.24, 2.45) is 0 Å². The number of allylic oxidation sites excluding steroid dienone is 1. The molecule has 0 fully saturated rings. The highest BCUT2D eigenvalue weighted by atomic mass is 32.2. The molecule has 5 nitrogen and oxygen atoms in total. The van der Waals surface area contributed by atoms with E-state index in [1.807, 2.05) is 31.2 Å². The number of H-pyrrole nitrogens is 1. The molecule has 0 aliphatic rings. The van der Waals surface area contributed by atoms with E-state index in [-0.39, 0.29) is 18.2 Å². The minimum atomic E-state index is -4.81. The van der Waals surface area contributed by atoms with Crippen LogP contribution in [-0.4, -0.2) is 41.1 Å². The topological polar surface area (TPSA) is 78.0 Å². The van der Waals surface area contributed by atoms with E-state index in [2.05, 4.69) is 27.7 Å². The molecule has 0 spiro atoms. The summed E-state index contributed by atoms with van der Waals surface area (Å²) in [6.45, 7) is 1.68. The third-order valence-corrected chi connectivity index (χ3v) is 4.68. The average molecular weight is 444 g/mol. The number of benzene rings is 1. The first-order valence-corrected chi connectivity index (χ1v) is 10.2. The number of alkyl halides is 3. The second-order valence-corrected chi connectivity index (χ2v) is 7.31. The highest BCUT2D eigenvalue weighted by molar-refractivity contribution is 7.99. The van der Waals surface area contributed by atoms with Crippen molar-refractivity contribution in [3.8, 4) is 11.3 Å². The third-order valence-electron chi connectivity index (χ3n) is 3.68. The number of hydrogen-bond acceptors (Lipinski definition) is 6. The van der Waals surface area contributed by atoms with E-state index in [0.29, 0.717) is 17.5 Å². The largest absolute Gasteiger partial charge is 0.454 e. The van der Waals surface area contributed by atoms with Gasteiger partial charge >= 0.3 is 12.1 Å². The predicted molar refractivity (Wildman–Crippen MR) is 112 cm³/mol. The maximum atomic E-state index is 12.8. The molecule has 0 aliphatic carbocycles. The Hall–Kier alpha value is -2.33. The second kappa shape index (κ2) is 10.4. The number of nitrogens with one attached hydrogen (secondary N) is 3. The maximum absolute atomic E-state index is 12.8. The molecule has 156 valence electrons. The van der Waals surface area contributed by atoms with Crippen LogP contribution in [0.25, 0.3) is 17.0 Å². The molecule has 2 aromatic rings. The fourth-order valence-corrected chi connectivity index (χ4v) is 3.24. The van der Waals surface area contributed by atoms with Crippen molar-refractivity contribution in [2.75, 3.05) is 18.2 Å². The molecule has 0 amide bonds. The first-order chi connectivity index (χ1) is 13.7. The third kappa shape index (κ3) is 6.90. The van der Waals surface area contributed by atoms with E-state index < -0.39 is 17.9 Å². The lowest BCUT2D eigenvalue weighted by Crippen LogP contribution is -2.26. The van der Waals surface area contributed by atoms with E-state index in [1.165, 1.54) is 0 Å². The first kappa shape index (κ1) is 23.0. The van der Waals surface area contributed by atoms with Gasteiger partial charge in [-0.15, -0.1) is 24.4 Å². The average Bonchev–Trinajstić information content (AvgIpc) is 3.15. The van der Waals surface area contributed by atoms with E-state index in [9.17, 15) is 18.0 Å². The molecule has 29 heavy (non-hydrogen) atoms. The van der Waals surface area contributed by atoms with Crippen molar-refractivity contribution >= 4 is 41.8 Å². The summed E-state index contributed by atoms with van der Waals surface area (Å²) in [5.41, 5.74) is 0.284. The van der Waals surface area contributed by atoms with Gasteiger partial charge < -0.3 is 15.0 Å². The maximum Gasteiger partial charge on any atom is 0.432 e. The molecule has 0 atom stereocenters. The lowest BCUT2D eigenvalue weighted by molar-refractivity contribution is -0.140. The van der Waals surface area contributed by atoms with Crippen LogP contribution in [0.5, 0.6) is 0 Å². The molecule has 3 N–H and O–H groups in total. The van der Waals surface area contributed by atoms with Crippen LogP contribution < -0.4 is 5.32 Å². The Bertz CT molecular complexity index is 895. The molecular formula is C19H20F3N3O2S2. The molecule has 1 heterocycles. The number of thioether (sulfide) groups is 1. The van der Waals surface area contributed by atoms with Crippen LogP contribution in [0.2, 0.25) is 0 Å². The zero-order valence-electron chi connectivity index (χ0n) is 15.5. The molecule has 1 aromatic carbocycles. The molecule has 0 bridgehead atoms. The van der Waals surface area contributed by atoms with Gasteiger partial charge in [-0.1, -0.05) is 19.1 Å². The van der Waals surface area contributed by atoms with Crippen LogP contribution in [0, 0.1) is 5.41 Å². The number of ether oxygens (including phenoxy) is 1. The summed E-state index contributed by atoms with van der Waals surface area (Å²) in [4.78, 5) is 15.7. The Morgan fingerprint density at radius 1 is 1.34 bits per heavy atom. The SMILES string of the molecule is CCSc1cccc(-c2ccc(/C(=C/C(=N)C(F)(F)F)NCC(=O)OCS)[nH]2)c1. The van der Waals surface area contributed by atoms with E-state index in [1.54, 1.807) is 23.9 Å². The number of aromatic nitrogens is 1. The summed E-state index contributed by atoms with van der Waals surface area (Å²) in [5, 5.41) is 9.84. The molecule has 0 radical (unpaired) electrons. The van der Waals surface area contributed by atoms with Crippen molar-refractivity contribution in [1.29, 1.82) is 5.41 Å². The monoisotopic (exact) mass is 443 g/mol. The zero-order valence-corrected chi connectivity index (χ0v) is 17.2. The van der Waals surface area contributed by atoms with Gasteiger partial charge in [-0.05, 0) is 41.7 Å². The number of halogens is 3. The van der Waals surface area contributed by atoms with Crippen molar-refractivity contribution in [2.45, 2.75) is 18.0 Å². The van der Waals surface area contributed by atoms with Crippen molar-refractivity contribution in [1.82, 2.24) is 10.3 Å². The molecule has 1 aromatic heterocycles. The number of esters is 1. The number of thiol groups is 1. The summed E-state index contributed by atoms with van der Waals surface area (Å²) in [6, 6.07) is 11.0. The van der Waals surface area contributed by atoms with Crippen molar-refractivity contribution in [3.63, 3.8) is 0 Å². The van der Waals surface area contributed by atoms with Crippen molar-refractivity contribution < 1.29 is 22.7 Å². The Kier molecular flexibility index (Phi) is 8.27. The van der Waals surface area contributed by atoms with Gasteiger partial charge in [-0.25, -0.2) is 0 Å². The van der Waals surface area contributed by atoms with Crippen LogP contribution in [0.3, 0.4) is 0 Å². The predicted octanol–water partition coefficient (Wildman–Crippen LogP) is 4.74. The molecule has 0 saturated carbocycles. The van der Waals surface area contributed by atoms with Crippen LogP contribution in [0.4, 0.5) is 13.2 Å². The minimum Gasteiger partial charge on any atom is -0.454 e. The minimum absolute atomic E-state index is 0.0474. The van der Waals surface area contributed by atoms with Gasteiger partial charge in [0.1, 0.15) is 18.2 Å². The highest BCUT2D eigenvalue weighted by Crippen LogP contribution is 2.27. The Morgan fingerprint density at radius 3 is 2.76 bits per heavy atom. The van der Waals surface area contributed by atoms with Crippen LogP contribution in [0.15, 0.2) is 47.4 Å². The number of carbonyl (C=O) groups excluding carboxylic acids is 1. The highest BCUT2D eigenvalue weighted by Gasteiger charge is 2.33. The summed E-state index contributed by atoms with van der Waals surface area (Å²) < 4.78 is 43.1. The summed E-state index contributed by atoms with van der Waals surface area (Å²) in [6.07, 6.45) is -4.17. The number of rotatable bonds is 9. The molecule has 0 saturated heterocycles. The summed E-state index contributed by atoms with van der Waals surface area (Å²) in [7, 11) is 0. The summed E-state index contributed by atoms with van der Waals surface area (Å²) >= 11 is 5.43. The van der Waals surface area contributed by atoms with Crippen LogP contribution >= 0.6 is 24.4 Å². The van der Waals surface area contributed by atoms with Gasteiger partial charge in [0.2, 0.25) is 0 Å². The molecule has 2 rings (SSSR count). The molecular weight excluding hydrogens is 423 g/mol. The van der Waals surface area contributed by atoms with E-state index in [4.69, 9.17) is 5.41 Å². The van der Waals surface area contributed by atoms with E-state index in [0.717, 1.165) is 16.2 Å². The standard InChI is InChI=1S/C19H20F3N3O2S2/c1-2-29-13-5-3-4-12(8-13)14-6-7-15(25-14)16(9-17(23)19(20,21)22)24-10-18(26)27-11-28/h3-9,23-25,28H,2,10-11H2,1H3/b16-9-,23-17?. The van der Waals surface area contributed by atoms with Gasteiger partial charge in [0.15, 0.2) is 0 Å². The van der Waals surface area contributed by atoms with Gasteiger partial charge in [0.25, 0.3) is 0 Å². The summed E-state index contributed by atoms with van der Waals surface area (Å²) in [5.74, 6) is 0.0926. The molecule has 10 heteroatoms. The fraction of sp³-hybridized carbons (Fsp3) is 0.263. The first-order valence-electron chi connectivity index (χ1n) is 8.55. The molecule has 0 unspecified atom stereocenters. The van der Waals surface area contributed by atoms with Gasteiger partial charge in [-0.2, -0.15) is 13.2 Å². The number of carbonyl (C=O) groups is 1. The fourth-order valence-electron chi connectivity index (χ4n) is 2.38. The van der Waals surface area contributed by atoms with Gasteiger partial charge in [0, 0.05) is 10.6 Å². The Morgan fingerprint density at radius 2 is 2.10 bits per heavy atom. The lowest BCUT2D eigenvalue weighted by Gasteiger charge is -2.11. The van der Waals surface area contributed by atoms with Gasteiger partial charge in [-0.3, -0.25) is 10.2 Å². The van der Waals surface area contributed by atoms with Crippen molar-refractivity contribution in [3.05, 3.63) is 48.2 Å².